The second-order valence-electron chi connectivity index (χ2n) is 9.73. The van der Waals surface area contributed by atoms with Crippen molar-refractivity contribution in [3.8, 4) is 5.69 Å². The fourth-order valence-corrected chi connectivity index (χ4v) is 4.84. The van der Waals surface area contributed by atoms with E-state index in [0.717, 1.165) is 54.6 Å². The number of nitrogens with zero attached hydrogens (tertiary/aromatic N) is 3. The molecule has 3 heterocycles. The molecule has 2 fully saturated rings. The maximum Gasteiger partial charge on any atom is 0.276 e. The van der Waals surface area contributed by atoms with Gasteiger partial charge < -0.3 is 25.6 Å². The summed E-state index contributed by atoms with van der Waals surface area (Å²) >= 11 is 0. The van der Waals surface area contributed by atoms with Crippen LogP contribution in [0.4, 0.5) is 25.8 Å². The largest absolute Gasteiger partial charge is 0.377 e. The van der Waals surface area contributed by atoms with Gasteiger partial charge in [-0.15, -0.1) is 0 Å². The Kier molecular flexibility index (Phi) is 7.39. The lowest BCUT2D eigenvalue weighted by atomic mass is 10.0. The molecular weight excluding hydrogens is 494 g/mol. The molecular formula is C27H30F2N6O3. The summed E-state index contributed by atoms with van der Waals surface area (Å²) < 4.78 is 34.6. The highest BCUT2D eigenvalue weighted by Gasteiger charge is 2.28. The quantitative estimate of drug-likeness (QED) is 0.416. The smallest absolute Gasteiger partial charge is 0.276 e. The number of hydrogen-bond acceptors (Lipinski definition) is 7. The van der Waals surface area contributed by atoms with E-state index < -0.39 is 28.8 Å². The highest BCUT2D eigenvalue weighted by Crippen LogP contribution is 2.39. The Morgan fingerprint density at radius 2 is 1.82 bits per heavy atom. The van der Waals surface area contributed by atoms with Crippen LogP contribution in [0.25, 0.3) is 5.69 Å². The molecule has 5 rings (SSSR count). The minimum absolute atomic E-state index is 0.156. The lowest BCUT2D eigenvalue weighted by Crippen LogP contribution is -2.40. The molecule has 0 saturated carbocycles. The molecule has 38 heavy (non-hydrogen) atoms. The Morgan fingerprint density at radius 1 is 1.08 bits per heavy atom. The molecule has 1 amide bonds. The van der Waals surface area contributed by atoms with E-state index in [1.807, 2.05) is 19.2 Å². The summed E-state index contributed by atoms with van der Waals surface area (Å²) in [4.78, 5) is 28.0. The molecule has 0 bridgehead atoms. The molecule has 11 heteroatoms. The van der Waals surface area contributed by atoms with Gasteiger partial charge >= 0.3 is 0 Å². The van der Waals surface area contributed by atoms with Crippen LogP contribution >= 0.6 is 0 Å². The number of carbonyl (C=O) groups is 1. The number of anilines is 3. The van der Waals surface area contributed by atoms with Gasteiger partial charge in [-0.1, -0.05) is 13.0 Å². The first kappa shape index (κ1) is 25.8. The van der Waals surface area contributed by atoms with Crippen molar-refractivity contribution < 1.29 is 18.3 Å². The Balaban J connectivity index is 1.52. The molecule has 0 spiro atoms. The summed E-state index contributed by atoms with van der Waals surface area (Å²) in [6.07, 6.45) is 1.03. The molecule has 1 aromatic heterocycles. The Hall–Kier alpha value is -3.83. The molecule has 0 radical (unpaired) electrons. The van der Waals surface area contributed by atoms with Crippen LogP contribution in [-0.2, 0) is 11.3 Å². The number of hydrogen-bond donors (Lipinski definition) is 3. The summed E-state index contributed by atoms with van der Waals surface area (Å²) in [5, 5.41) is 13.7. The first-order valence-electron chi connectivity index (χ1n) is 12.6. The molecule has 3 aromatic rings. The van der Waals surface area contributed by atoms with E-state index in [1.54, 1.807) is 0 Å². The summed E-state index contributed by atoms with van der Waals surface area (Å²) in [7, 11) is 1.87. The average molecular weight is 525 g/mol. The summed E-state index contributed by atoms with van der Waals surface area (Å²) in [5.41, 5.74) is 1.91. The van der Waals surface area contributed by atoms with Crippen LogP contribution < -0.4 is 26.4 Å². The minimum Gasteiger partial charge on any atom is -0.377 e. The van der Waals surface area contributed by atoms with Gasteiger partial charge in [-0.2, -0.15) is 9.78 Å². The number of carbonyl (C=O) groups excluding carboxylic acids is 1. The molecule has 200 valence electrons. The van der Waals surface area contributed by atoms with Crippen molar-refractivity contribution >= 4 is 23.0 Å². The van der Waals surface area contributed by atoms with E-state index in [0.29, 0.717) is 36.0 Å². The number of nitrogens with one attached hydrogen (secondary N) is 3. The molecule has 1 atom stereocenters. The predicted octanol–water partition coefficient (Wildman–Crippen LogP) is 3.14. The van der Waals surface area contributed by atoms with Gasteiger partial charge in [0.25, 0.3) is 11.5 Å². The maximum absolute atomic E-state index is 14.4. The highest BCUT2D eigenvalue weighted by atomic mass is 19.1. The number of ether oxygens (including phenoxy) is 1. The van der Waals surface area contributed by atoms with Gasteiger partial charge in [-0.05, 0) is 49.7 Å². The van der Waals surface area contributed by atoms with Gasteiger partial charge in [0, 0.05) is 37.0 Å². The molecule has 2 saturated heterocycles. The summed E-state index contributed by atoms with van der Waals surface area (Å²) in [6.45, 7) is 5.71. The van der Waals surface area contributed by atoms with E-state index in [9.17, 15) is 18.4 Å². The van der Waals surface area contributed by atoms with Crippen LogP contribution in [0.3, 0.4) is 0 Å². The molecule has 2 aliphatic rings. The number of rotatable bonds is 8. The van der Waals surface area contributed by atoms with Crippen LogP contribution in [0.5, 0.6) is 0 Å². The van der Waals surface area contributed by atoms with Gasteiger partial charge in [0.2, 0.25) is 0 Å². The first-order chi connectivity index (χ1) is 18.4. The van der Waals surface area contributed by atoms with Crippen molar-refractivity contribution in [1.29, 1.82) is 0 Å². The highest BCUT2D eigenvalue weighted by molar-refractivity contribution is 6.05. The topological polar surface area (TPSA) is 101 Å². The van der Waals surface area contributed by atoms with Crippen LogP contribution in [0.1, 0.15) is 29.4 Å². The third-order valence-corrected chi connectivity index (χ3v) is 6.80. The summed E-state index contributed by atoms with van der Waals surface area (Å²) in [6, 6.07) is 9.53. The number of halogens is 2. The molecule has 2 aromatic carbocycles. The van der Waals surface area contributed by atoms with E-state index >= 15 is 0 Å². The first-order valence-corrected chi connectivity index (χ1v) is 12.6. The van der Waals surface area contributed by atoms with Crippen molar-refractivity contribution in [3.63, 3.8) is 0 Å². The average Bonchev–Trinajstić information content (AvgIpc) is 3.29. The van der Waals surface area contributed by atoms with Crippen LogP contribution in [0, 0.1) is 17.6 Å². The van der Waals surface area contributed by atoms with Crippen molar-refractivity contribution in [2.75, 3.05) is 48.9 Å². The van der Waals surface area contributed by atoms with Gasteiger partial charge in [0.1, 0.15) is 11.4 Å². The number of amides is 1. The van der Waals surface area contributed by atoms with E-state index in [4.69, 9.17) is 4.74 Å². The SMILES string of the molecule is CNCc1c(NC2COC2)ccc(NC(=O)c2ccc(=O)n(-c3c(F)cccc3F)n2)c1N1CC[C@H](C)C1. The third kappa shape index (κ3) is 5.11. The molecule has 0 unspecified atom stereocenters. The molecule has 0 aliphatic carbocycles. The number of benzene rings is 2. The second-order valence-corrected chi connectivity index (χ2v) is 9.73. The van der Waals surface area contributed by atoms with E-state index in [-0.39, 0.29) is 11.7 Å². The fourth-order valence-electron chi connectivity index (χ4n) is 4.84. The molecule has 2 aliphatic heterocycles. The van der Waals surface area contributed by atoms with Gasteiger partial charge in [-0.25, -0.2) is 8.78 Å². The molecule has 9 nitrogen and oxygen atoms in total. The fraction of sp³-hybridized carbons (Fsp3) is 0.370. The Labute approximate surface area is 218 Å². The van der Waals surface area contributed by atoms with Crippen LogP contribution in [0.15, 0.2) is 47.3 Å². The van der Waals surface area contributed by atoms with Gasteiger partial charge in [-0.3, -0.25) is 9.59 Å². The number of para-hydroxylation sites is 1. The standard InChI is InChI=1S/C27H30F2N6O3/c1-16-10-11-34(13-16)25-18(12-30-2)21(31-17-14-38-15-17)6-7-22(25)32-27(37)23-8-9-24(36)35(33-23)26-19(28)4-3-5-20(26)29/h3-9,16-17,30-31H,10-15H2,1-2H3,(H,32,37)/t16-/m0/s1. The number of aromatic nitrogens is 2. The van der Waals surface area contributed by atoms with Gasteiger partial charge in [0.15, 0.2) is 11.6 Å². The van der Waals surface area contributed by atoms with Crippen LogP contribution in [-0.4, -0.2) is 55.1 Å². The van der Waals surface area contributed by atoms with Crippen molar-refractivity contribution in [2.24, 2.45) is 5.92 Å². The van der Waals surface area contributed by atoms with Crippen LogP contribution in [0.2, 0.25) is 0 Å². The van der Waals surface area contributed by atoms with Crippen molar-refractivity contribution in [1.82, 2.24) is 15.1 Å². The van der Waals surface area contributed by atoms with E-state index in [1.165, 1.54) is 12.1 Å². The lowest BCUT2D eigenvalue weighted by Gasteiger charge is -2.32. The zero-order chi connectivity index (χ0) is 26.8. The predicted molar refractivity (Wildman–Crippen MR) is 141 cm³/mol. The zero-order valence-electron chi connectivity index (χ0n) is 21.3. The Morgan fingerprint density at radius 3 is 2.45 bits per heavy atom. The van der Waals surface area contributed by atoms with E-state index in [2.05, 4.69) is 32.9 Å². The second kappa shape index (κ2) is 10.9. The Bertz CT molecular complexity index is 1390. The van der Waals surface area contributed by atoms with Crippen molar-refractivity contribution in [3.05, 3.63) is 75.7 Å². The third-order valence-electron chi connectivity index (χ3n) is 6.80. The molecule has 3 N–H and O–H groups in total. The normalized spacial score (nSPS) is 17.4. The maximum atomic E-state index is 14.4. The monoisotopic (exact) mass is 524 g/mol. The van der Waals surface area contributed by atoms with Crippen molar-refractivity contribution in [2.45, 2.75) is 25.9 Å². The zero-order valence-corrected chi connectivity index (χ0v) is 21.3. The lowest BCUT2D eigenvalue weighted by molar-refractivity contribution is 0.0211. The van der Waals surface area contributed by atoms with Gasteiger partial charge in [0.05, 0.1) is 30.6 Å². The summed E-state index contributed by atoms with van der Waals surface area (Å²) in [5.74, 6) is -2.02. The minimum atomic E-state index is -0.959.